The third-order valence-corrected chi connectivity index (χ3v) is 4.57. The predicted octanol–water partition coefficient (Wildman–Crippen LogP) is 5.07. The average Bonchev–Trinajstić information content (AvgIpc) is 2.96. The third-order valence-electron chi connectivity index (χ3n) is 4.57. The molecule has 3 rings (SSSR count). The topological polar surface area (TPSA) is 61.8 Å². The Hall–Kier alpha value is -3.08. The summed E-state index contributed by atoms with van der Waals surface area (Å²) >= 11 is 0. The Bertz CT molecular complexity index is 952. The minimum Gasteiger partial charge on any atom is -0.482 e. The zero-order valence-corrected chi connectivity index (χ0v) is 17.4. The van der Waals surface area contributed by atoms with E-state index >= 15 is 0 Å². The number of carbonyl (C=O) groups is 2. The molecule has 1 aliphatic heterocycles. The van der Waals surface area contributed by atoms with Crippen molar-refractivity contribution < 1.29 is 23.8 Å². The van der Waals surface area contributed by atoms with Crippen LogP contribution in [0, 0.1) is 6.92 Å². The first-order valence-electron chi connectivity index (χ1n) is 9.75. The summed E-state index contributed by atoms with van der Waals surface area (Å²) in [6, 6.07) is 11.4. The lowest BCUT2D eigenvalue weighted by Crippen LogP contribution is -2.18. The van der Waals surface area contributed by atoms with Crippen LogP contribution in [0.4, 0.5) is 0 Å². The molecule has 5 heteroatoms. The van der Waals surface area contributed by atoms with E-state index in [1.54, 1.807) is 32.1 Å². The fraction of sp³-hybridized carbons (Fsp3) is 0.333. The molecule has 0 fully saturated rings. The molecule has 1 aliphatic rings. The number of hydrogen-bond donors (Lipinski definition) is 0. The van der Waals surface area contributed by atoms with Crippen LogP contribution in [0.1, 0.15) is 60.7 Å². The van der Waals surface area contributed by atoms with Gasteiger partial charge in [-0.2, -0.15) is 0 Å². The second kappa shape index (κ2) is 8.52. The van der Waals surface area contributed by atoms with Gasteiger partial charge in [-0.1, -0.05) is 38.1 Å². The molecule has 0 aliphatic carbocycles. The molecule has 0 saturated heterocycles. The van der Waals surface area contributed by atoms with Crippen LogP contribution < -0.4 is 9.47 Å². The minimum atomic E-state index is -0.444. The molecular formula is C24H26O5. The maximum atomic E-state index is 12.8. The summed E-state index contributed by atoms with van der Waals surface area (Å²) in [4.78, 5) is 24.5. The maximum Gasteiger partial charge on any atom is 0.344 e. The van der Waals surface area contributed by atoms with Gasteiger partial charge in [0, 0.05) is 6.07 Å². The number of hydrogen-bond acceptors (Lipinski definition) is 5. The number of allylic oxidation sites excluding steroid dienone is 1. The van der Waals surface area contributed by atoms with Gasteiger partial charge in [0.2, 0.25) is 5.78 Å². The second-order valence-electron chi connectivity index (χ2n) is 7.70. The van der Waals surface area contributed by atoms with Crippen LogP contribution in [0.2, 0.25) is 0 Å². The normalized spacial score (nSPS) is 14.3. The molecule has 1 heterocycles. The summed E-state index contributed by atoms with van der Waals surface area (Å²) in [6.45, 7) is 9.45. The van der Waals surface area contributed by atoms with E-state index in [4.69, 9.17) is 14.2 Å². The van der Waals surface area contributed by atoms with E-state index < -0.39 is 5.97 Å². The van der Waals surface area contributed by atoms with Crippen LogP contribution in [0.15, 0.2) is 42.2 Å². The van der Waals surface area contributed by atoms with E-state index in [2.05, 4.69) is 26.0 Å². The molecule has 0 atom stereocenters. The highest BCUT2D eigenvalue weighted by Gasteiger charge is 2.30. The summed E-state index contributed by atoms with van der Waals surface area (Å²) in [5.41, 5.74) is 3.39. The Morgan fingerprint density at radius 2 is 1.79 bits per heavy atom. The number of benzene rings is 2. The van der Waals surface area contributed by atoms with Gasteiger partial charge >= 0.3 is 5.97 Å². The molecule has 0 N–H and O–H groups in total. The van der Waals surface area contributed by atoms with E-state index in [1.165, 1.54) is 5.56 Å². The number of aryl methyl sites for hydroxylation is 1. The van der Waals surface area contributed by atoms with Gasteiger partial charge in [-0.3, -0.25) is 4.79 Å². The van der Waals surface area contributed by atoms with Gasteiger partial charge in [0.25, 0.3) is 0 Å². The lowest BCUT2D eigenvalue weighted by atomic mass is 10.0. The van der Waals surface area contributed by atoms with Crippen molar-refractivity contribution in [3.8, 4) is 11.5 Å². The van der Waals surface area contributed by atoms with Gasteiger partial charge in [0.15, 0.2) is 12.4 Å². The second-order valence-corrected chi connectivity index (χ2v) is 7.70. The Kier molecular flexibility index (Phi) is 6.06. The average molecular weight is 394 g/mol. The number of ketones is 1. The van der Waals surface area contributed by atoms with Crippen molar-refractivity contribution >= 4 is 17.8 Å². The highest BCUT2D eigenvalue weighted by atomic mass is 16.6. The highest BCUT2D eigenvalue weighted by molar-refractivity contribution is 6.15. The van der Waals surface area contributed by atoms with Crippen LogP contribution >= 0.6 is 0 Å². The molecule has 0 bridgehead atoms. The fourth-order valence-corrected chi connectivity index (χ4v) is 3.13. The zero-order valence-electron chi connectivity index (χ0n) is 17.4. The van der Waals surface area contributed by atoms with Crippen LogP contribution in [-0.2, 0) is 9.53 Å². The Morgan fingerprint density at radius 1 is 1.10 bits per heavy atom. The van der Waals surface area contributed by atoms with E-state index in [1.807, 2.05) is 19.1 Å². The van der Waals surface area contributed by atoms with Crippen LogP contribution in [0.3, 0.4) is 0 Å². The SMILES string of the molecule is Cc1cc(OCC(=O)OC(C)C)cc2c1C(=O)/C(=C/c1ccc(C(C)C)cc1)O2. The van der Waals surface area contributed by atoms with Crippen LogP contribution in [0.5, 0.6) is 11.5 Å². The molecule has 2 aromatic carbocycles. The Labute approximate surface area is 171 Å². The van der Waals surface area contributed by atoms with Gasteiger partial charge in [-0.15, -0.1) is 0 Å². The van der Waals surface area contributed by atoms with Gasteiger partial charge in [-0.25, -0.2) is 4.79 Å². The molecular weight excluding hydrogens is 368 g/mol. The van der Waals surface area contributed by atoms with E-state index in [0.717, 1.165) is 11.1 Å². The van der Waals surface area contributed by atoms with Gasteiger partial charge in [0.1, 0.15) is 11.5 Å². The van der Waals surface area contributed by atoms with Crippen molar-refractivity contribution in [1.29, 1.82) is 0 Å². The van der Waals surface area contributed by atoms with Crippen LogP contribution in [-0.4, -0.2) is 24.5 Å². The zero-order chi connectivity index (χ0) is 21.1. The first-order valence-corrected chi connectivity index (χ1v) is 9.75. The molecule has 0 aromatic heterocycles. The van der Waals surface area contributed by atoms with Crippen LogP contribution in [0.25, 0.3) is 6.08 Å². The molecule has 0 unspecified atom stereocenters. The van der Waals surface area contributed by atoms with Crippen molar-refractivity contribution in [2.45, 2.75) is 46.6 Å². The predicted molar refractivity (Wildman–Crippen MR) is 111 cm³/mol. The monoisotopic (exact) mass is 394 g/mol. The summed E-state index contributed by atoms with van der Waals surface area (Å²) in [6.07, 6.45) is 1.54. The number of Topliss-reactive ketones (excluding diaryl/α,β-unsaturated/α-hetero) is 1. The van der Waals surface area contributed by atoms with Gasteiger partial charge in [-0.05, 0) is 55.5 Å². The van der Waals surface area contributed by atoms with Crippen molar-refractivity contribution in [1.82, 2.24) is 0 Å². The van der Waals surface area contributed by atoms with E-state index in [9.17, 15) is 9.59 Å². The third kappa shape index (κ3) is 4.86. The minimum absolute atomic E-state index is 0.156. The molecule has 5 nitrogen and oxygen atoms in total. The summed E-state index contributed by atoms with van der Waals surface area (Å²) in [5.74, 6) is 1.02. The van der Waals surface area contributed by atoms with E-state index in [-0.39, 0.29) is 24.3 Å². The summed E-state index contributed by atoms with van der Waals surface area (Å²) in [5, 5.41) is 0. The standard InChI is InChI=1S/C24H26O5/c1-14(2)18-8-6-17(7-9-18)11-21-24(26)23-16(5)10-19(12-20(23)29-21)27-13-22(25)28-15(3)4/h6-12,14-15H,13H2,1-5H3/b21-11-. The quantitative estimate of drug-likeness (QED) is 0.506. The number of rotatable bonds is 6. The first kappa shape index (κ1) is 20.6. The smallest absolute Gasteiger partial charge is 0.344 e. The van der Waals surface area contributed by atoms with Crippen molar-refractivity contribution in [3.05, 3.63) is 64.4 Å². The first-order chi connectivity index (χ1) is 13.7. The molecule has 2 aromatic rings. The van der Waals surface area contributed by atoms with Crippen molar-refractivity contribution in [3.63, 3.8) is 0 Å². The number of carbonyl (C=O) groups excluding carboxylic acids is 2. The molecule has 0 radical (unpaired) electrons. The lowest BCUT2D eigenvalue weighted by molar-refractivity contribution is -0.149. The molecule has 152 valence electrons. The Morgan fingerprint density at radius 3 is 2.41 bits per heavy atom. The number of esters is 1. The van der Waals surface area contributed by atoms with Gasteiger partial charge < -0.3 is 14.2 Å². The number of ether oxygens (including phenoxy) is 3. The fourth-order valence-electron chi connectivity index (χ4n) is 3.13. The molecule has 0 spiro atoms. The molecule has 0 saturated carbocycles. The number of fused-ring (bicyclic) bond motifs is 1. The molecule has 29 heavy (non-hydrogen) atoms. The van der Waals surface area contributed by atoms with E-state index in [0.29, 0.717) is 23.0 Å². The highest BCUT2D eigenvalue weighted by Crippen LogP contribution is 2.37. The van der Waals surface area contributed by atoms with Crippen molar-refractivity contribution in [2.75, 3.05) is 6.61 Å². The van der Waals surface area contributed by atoms with Gasteiger partial charge in [0.05, 0.1) is 11.7 Å². The molecule has 0 amide bonds. The maximum absolute atomic E-state index is 12.8. The summed E-state index contributed by atoms with van der Waals surface area (Å²) in [7, 11) is 0. The summed E-state index contributed by atoms with van der Waals surface area (Å²) < 4.78 is 16.4. The van der Waals surface area contributed by atoms with Crippen molar-refractivity contribution in [2.24, 2.45) is 0 Å². The lowest BCUT2D eigenvalue weighted by Gasteiger charge is -2.10. The largest absolute Gasteiger partial charge is 0.482 e. The Balaban J connectivity index is 1.77.